The van der Waals surface area contributed by atoms with Gasteiger partial charge in [-0.2, -0.15) is 0 Å². The Balaban J connectivity index is 1.70. The standard InChI is InChI=1S/C26H32N2O2/c1-26(2,3)23(17-25(29)27-13-15-30-16-14-27)22-19-28(18-20-9-5-4-6-10-20)24-12-8-7-11-21(22)24/h4-12,19,23H,13-18H2,1-3H3/t23-/m0/s1. The Morgan fingerprint density at radius 2 is 1.67 bits per heavy atom. The van der Waals surface area contributed by atoms with Crippen LogP contribution in [-0.4, -0.2) is 41.7 Å². The molecule has 4 heteroatoms. The normalized spacial score (nSPS) is 16.0. The molecule has 2 aromatic carbocycles. The fourth-order valence-corrected chi connectivity index (χ4v) is 4.46. The lowest BCUT2D eigenvalue weighted by Gasteiger charge is -2.34. The lowest BCUT2D eigenvalue weighted by Crippen LogP contribution is -2.42. The molecule has 4 nitrogen and oxygen atoms in total. The highest BCUT2D eigenvalue weighted by Gasteiger charge is 2.32. The molecule has 0 bridgehead atoms. The first-order chi connectivity index (χ1) is 14.4. The summed E-state index contributed by atoms with van der Waals surface area (Å²) < 4.78 is 7.76. The van der Waals surface area contributed by atoms with Crippen molar-refractivity contribution in [3.63, 3.8) is 0 Å². The highest BCUT2D eigenvalue weighted by atomic mass is 16.5. The first-order valence-corrected chi connectivity index (χ1v) is 10.9. The molecule has 1 fully saturated rings. The van der Waals surface area contributed by atoms with E-state index in [0.717, 1.165) is 6.54 Å². The maximum absolute atomic E-state index is 13.1. The van der Waals surface area contributed by atoms with Gasteiger partial charge in [-0.05, 0) is 28.5 Å². The third kappa shape index (κ3) is 4.44. The molecular weight excluding hydrogens is 372 g/mol. The lowest BCUT2D eigenvalue weighted by atomic mass is 9.74. The number of carbonyl (C=O) groups is 1. The molecule has 1 aliphatic heterocycles. The maximum atomic E-state index is 13.1. The first-order valence-electron chi connectivity index (χ1n) is 10.9. The third-order valence-corrected chi connectivity index (χ3v) is 6.18. The topological polar surface area (TPSA) is 34.5 Å². The minimum Gasteiger partial charge on any atom is -0.378 e. The molecule has 1 amide bonds. The highest BCUT2D eigenvalue weighted by Crippen LogP contribution is 2.42. The molecule has 0 N–H and O–H groups in total. The van der Waals surface area contributed by atoms with E-state index >= 15 is 0 Å². The molecule has 0 saturated carbocycles. The zero-order chi connectivity index (χ0) is 21.1. The number of ether oxygens (including phenoxy) is 1. The van der Waals surface area contributed by atoms with E-state index in [4.69, 9.17) is 4.74 Å². The average molecular weight is 405 g/mol. The number of carbonyl (C=O) groups excluding carboxylic acids is 1. The number of benzene rings is 2. The average Bonchev–Trinajstić information content (AvgIpc) is 3.10. The summed E-state index contributed by atoms with van der Waals surface area (Å²) in [5, 5.41) is 1.25. The van der Waals surface area contributed by atoms with Gasteiger partial charge in [-0.15, -0.1) is 0 Å². The molecule has 2 heterocycles. The molecule has 1 aliphatic rings. The molecule has 1 atom stereocenters. The van der Waals surface area contributed by atoms with Crippen molar-refractivity contribution in [3.05, 3.63) is 71.9 Å². The monoisotopic (exact) mass is 404 g/mol. The van der Waals surface area contributed by atoms with Gasteiger partial charge in [-0.1, -0.05) is 69.3 Å². The second-order valence-electron chi connectivity index (χ2n) is 9.33. The molecule has 0 unspecified atom stereocenters. The third-order valence-electron chi connectivity index (χ3n) is 6.18. The van der Waals surface area contributed by atoms with Gasteiger partial charge in [0.25, 0.3) is 0 Å². The molecule has 3 aromatic rings. The molecule has 4 rings (SSSR count). The maximum Gasteiger partial charge on any atom is 0.223 e. The predicted octanol–water partition coefficient (Wildman–Crippen LogP) is 5.07. The van der Waals surface area contributed by atoms with E-state index in [1.54, 1.807) is 0 Å². The van der Waals surface area contributed by atoms with Crippen LogP contribution in [0.1, 0.15) is 44.2 Å². The van der Waals surface area contributed by atoms with Crippen LogP contribution >= 0.6 is 0 Å². The number of rotatable bonds is 5. The lowest BCUT2D eigenvalue weighted by molar-refractivity contribution is -0.136. The first kappa shape index (κ1) is 20.7. The summed E-state index contributed by atoms with van der Waals surface area (Å²) in [7, 11) is 0. The molecule has 1 aromatic heterocycles. The van der Waals surface area contributed by atoms with Crippen LogP contribution in [0.25, 0.3) is 10.9 Å². The summed E-state index contributed by atoms with van der Waals surface area (Å²) in [6, 6.07) is 19.1. The van der Waals surface area contributed by atoms with Crippen molar-refractivity contribution in [2.45, 2.75) is 39.7 Å². The summed E-state index contributed by atoms with van der Waals surface area (Å²) in [4.78, 5) is 15.1. The molecule has 0 radical (unpaired) electrons. The van der Waals surface area contributed by atoms with E-state index < -0.39 is 0 Å². The Hall–Kier alpha value is -2.59. The summed E-state index contributed by atoms with van der Waals surface area (Å²) in [5.74, 6) is 0.382. The quantitative estimate of drug-likeness (QED) is 0.595. The number of para-hydroxylation sites is 1. The fraction of sp³-hybridized carbons (Fsp3) is 0.423. The van der Waals surface area contributed by atoms with E-state index in [-0.39, 0.29) is 17.2 Å². The van der Waals surface area contributed by atoms with Gasteiger partial charge in [0.05, 0.1) is 13.2 Å². The van der Waals surface area contributed by atoms with Crippen molar-refractivity contribution in [3.8, 4) is 0 Å². The Kier molecular flexibility index (Phi) is 5.96. The summed E-state index contributed by atoms with van der Waals surface area (Å²) in [6.07, 6.45) is 2.81. The van der Waals surface area contributed by atoms with Gasteiger partial charge in [-0.3, -0.25) is 4.79 Å². The molecule has 30 heavy (non-hydrogen) atoms. The molecule has 158 valence electrons. The van der Waals surface area contributed by atoms with Gasteiger partial charge in [0.2, 0.25) is 5.91 Å². The van der Waals surface area contributed by atoms with Gasteiger partial charge < -0.3 is 14.2 Å². The fourth-order valence-electron chi connectivity index (χ4n) is 4.46. The van der Waals surface area contributed by atoms with Crippen molar-refractivity contribution in [1.29, 1.82) is 0 Å². The van der Waals surface area contributed by atoms with Gasteiger partial charge in [0, 0.05) is 43.2 Å². The number of nitrogens with zero attached hydrogens (tertiary/aromatic N) is 2. The van der Waals surface area contributed by atoms with Crippen LogP contribution in [0, 0.1) is 5.41 Å². The van der Waals surface area contributed by atoms with Crippen molar-refractivity contribution < 1.29 is 9.53 Å². The Bertz CT molecular complexity index is 995. The number of morpholine rings is 1. The number of hydrogen-bond acceptors (Lipinski definition) is 2. The highest BCUT2D eigenvalue weighted by molar-refractivity contribution is 5.86. The van der Waals surface area contributed by atoms with Crippen molar-refractivity contribution in [2.75, 3.05) is 26.3 Å². The molecule has 1 saturated heterocycles. The predicted molar refractivity (Wildman–Crippen MR) is 122 cm³/mol. The number of amides is 1. The van der Waals surface area contributed by atoms with E-state index in [1.807, 2.05) is 4.90 Å². The van der Waals surface area contributed by atoms with Gasteiger partial charge >= 0.3 is 0 Å². The van der Waals surface area contributed by atoms with Crippen LogP contribution in [0.4, 0.5) is 0 Å². The Morgan fingerprint density at radius 1 is 1.00 bits per heavy atom. The van der Waals surface area contributed by atoms with Crippen LogP contribution in [0.2, 0.25) is 0 Å². The van der Waals surface area contributed by atoms with Gasteiger partial charge in [0.15, 0.2) is 0 Å². The zero-order valence-corrected chi connectivity index (χ0v) is 18.3. The van der Waals surface area contributed by atoms with Crippen molar-refractivity contribution >= 4 is 16.8 Å². The van der Waals surface area contributed by atoms with Crippen LogP contribution in [0.15, 0.2) is 60.8 Å². The zero-order valence-electron chi connectivity index (χ0n) is 18.3. The van der Waals surface area contributed by atoms with E-state index in [2.05, 4.69) is 86.1 Å². The minimum absolute atomic E-state index is 0.0242. The molecule has 0 spiro atoms. The molecule has 0 aliphatic carbocycles. The molecular formula is C26H32N2O2. The Morgan fingerprint density at radius 3 is 2.37 bits per heavy atom. The van der Waals surface area contributed by atoms with Crippen LogP contribution in [0.3, 0.4) is 0 Å². The number of hydrogen-bond donors (Lipinski definition) is 0. The van der Waals surface area contributed by atoms with Crippen molar-refractivity contribution in [1.82, 2.24) is 9.47 Å². The van der Waals surface area contributed by atoms with Crippen LogP contribution in [0.5, 0.6) is 0 Å². The largest absolute Gasteiger partial charge is 0.378 e. The summed E-state index contributed by atoms with van der Waals surface area (Å²) in [6.45, 7) is 10.2. The number of aromatic nitrogens is 1. The summed E-state index contributed by atoms with van der Waals surface area (Å²) in [5.41, 5.74) is 3.76. The van der Waals surface area contributed by atoms with E-state index in [0.29, 0.717) is 32.7 Å². The van der Waals surface area contributed by atoms with E-state index in [1.165, 1.54) is 22.0 Å². The second-order valence-corrected chi connectivity index (χ2v) is 9.33. The van der Waals surface area contributed by atoms with Crippen molar-refractivity contribution in [2.24, 2.45) is 5.41 Å². The minimum atomic E-state index is -0.0242. The Labute approximate surface area is 179 Å². The van der Waals surface area contributed by atoms with Crippen LogP contribution < -0.4 is 0 Å². The SMILES string of the molecule is CC(C)(C)[C@@H](CC(=O)N1CCOCC1)c1cn(Cc2ccccc2)c2ccccc12. The van der Waals surface area contributed by atoms with Gasteiger partial charge in [0.1, 0.15) is 0 Å². The second kappa shape index (κ2) is 8.65. The number of fused-ring (bicyclic) bond motifs is 1. The smallest absolute Gasteiger partial charge is 0.223 e. The summed E-state index contributed by atoms with van der Waals surface area (Å²) >= 11 is 0. The van der Waals surface area contributed by atoms with Gasteiger partial charge in [-0.25, -0.2) is 0 Å². The van der Waals surface area contributed by atoms with Crippen LogP contribution in [-0.2, 0) is 16.1 Å². The van der Waals surface area contributed by atoms with E-state index in [9.17, 15) is 4.79 Å².